The molecule has 0 bridgehead atoms. The molecule has 0 aromatic carbocycles. The van der Waals surface area contributed by atoms with Gasteiger partial charge in [-0.25, -0.2) is 4.79 Å². The molecule has 0 spiro atoms. The highest BCUT2D eigenvalue weighted by molar-refractivity contribution is 5.84. The summed E-state index contributed by atoms with van der Waals surface area (Å²) in [4.78, 5) is 34.1. The van der Waals surface area contributed by atoms with Crippen molar-refractivity contribution in [2.45, 2.75) is 129 Å². The Labute approximate surface area is 193 Å². The molecule has 0 aromatic heterocycles. The summed E-state index contributed by atoms with van der Waals surface area (Å²) in [5, 5.41) is 18.4. The second-order valence-corrected chi connectivity index (χ2v) is 8.73. The summed E-state index contributed by atoms with van der Waals surface area (Å²) in [6.45, 7) is 3.34. The number of nitrogens with zero attached hydrogens (tertiary/aromatic N) is 2. The number of Topliss-reactive ketones (excluding diaryl/α,β-unsaturated/α-hetero) is 1. The minimum atomic E-state index is -1.09. The van der Waals surface area contributed by atoms with Gasteiger partial charge in [0.1, 0.15) is 11.8 Å². The van der Waals surface area contributed by atoms with Gasteiger partial charge >= 0.3 is 5.97 Å². The number of carboxylic acids is 1. The van der Waals surface area contributed by atoms with Gasteiger partial charge in [0.05, 0.1) is 0 Å². The topological polar surface area (TPSA) is 132 Å². The van der Waals surface area contributed by atoms with Crippen molar-refractivity contribution in [2.75, 3.05) is 0 Å². The Morgan fingerprint density at radius 1 is 0.750 bits per heavy atom. The van der Waals surface area contributed by atoms with Crippen LogP contribution in [0.5, 0.6) is 0 Å². The van der Waals surface area contributed by atoms with Crippen LogP contribution in [0.3, 0.4) is 0 Å². The van der Waals surface area contributed by atoms with Crippen molar-refractivity contribution in [1.82, 2.24) is 5.32 Å². The molecule has 0 heterocycles. The van der Waals surface area contributed by atoms with Crippen molar-refractivity contribution in [2.24, 2.45) is 10.3 Å². The van der Waals surface area contributed by atoms with Crippen molar-refractivity contribution in [1.29, 1.82) is 5.53 Å². The van der Waals surface area contributed by atoms with Crippen molar-refractivity contribution in [3.8, 4) is 0 Å². The molecule has 3 N–H and O–H groups in total. The van der Waals surface area contributed by atoms with Crippen LogP contribution < -0.4 is 5.32 Å². The summed E-state index contributed by atoms with van der Waals surface area (Å²) >= 11 is 0. The summed E-state index contributed by atoms with van der Waals surface area (Å²) in [6.07, 6.45) is 16.9. The summed E-state index contributed by atoms with van der Waals surface area (Å²) in [7, 11) is 0. The number of aliphatic carboxylic acids is 1. The highest BCUT2D eigenvalue weighted by Gasteiger charge is 2.19. The third-order valence-electron chi connectivity index (χ3n) is 5.58. The van der Waals surface area contributed by atoms with Crippen LogP contribution in [0.1, 0.15) is 123 Å². The SMILES string of the molecule is CC(=O)CC[C@H](NC(=O)CCCCCCCCCCCCCCC/C(C)=N/N=N)C(=O)O. The van der Waals surface area contributed by atoms with Gasteiger partial charge in [0, 0.05) is 18.6 Å². The van der Waals surface area contributed by atoms with Gasteiger partial charge in [0.25, 0.3) is 0 Å². The first-order chi connectivity index (χ1) is 15.4. The molecular weight excluding hydrogens is 408 g/mol. The lowest BCUT2D eigenvalue weighted by atomic mass is 10.0. The molecule has 184 valence electrons. The molecule has 0 aliphatic rings. The molecule has 0 saturated heterocycles. The van der Waals surface area contributed by atoms with Gasteiger partial charge in [-0.2, -0.15) is 5.53 Å². The van der Waals surface area contributed by atoms with Crippen LogP contribution in [0.15, 0.2) is 10.3 Å². The molecule has 8 nitrogen and oxygen atoms in total. The summed E-state index contributed by atoms with van der Waals surface area (Å²) in [5.74, 6) is -1.40. The second kappa shape index (κ2) is 20.8. The molecule has 0 radical (unpaired) electrons. The Bertz CT molecular complexity index is 578. The number of hydrogen-bond acceptors (Lipinski definition) is 5. The van der Waals surface area contributed by atoms with Crippen molar-refractivity contribution in [3.05, 3.63) is 0 Å². The van der Waals surface area contributed by atoms with Gasteiger partial charge in [-0.05, 0) is 39.5 Å². The number of carbonyl (C=O) groups excluding carboxylic acids is 2. The van der Waals surface area contributed by atoms with Crippen LogP contribution in [0.25, 0.3) is 0 Å². The number of unbranched alkanes of at least 4 members (excludes halogenated alkanes) is 12. The quantitative estimate of drug-likeness (QED) is 0.0782. The third kappa shape index (κ3) is 19.8. The fourth-order valence-electron chi connectivity index (χ4n) is 3.62. The summed E-state index contributed by atoms with van der Waals surface area (Å²) < 4.78 is 0. The zero-order valence-electron chi connectivity index (χ0n) is 20.2. The van der Waals surface area contributed by atoms with Gasteiger partial charge in [-0.15, -0.1) is 5.10 Å². The molecule has 0 unspecified atom stereocenters. The van der Waals surface area contributed by atoms with Gasteiger partial charge in [-0.1, -0.05) is 75.9 Å². The highest BCUT2D eigenvalue weighted by Crippen LogP contribution is 2.13. The first kappa shape index (κ1) is 29.9. The van der Waals surface area contributed by atoms with E-state index >= 15 is 0 Å². The molecule has 0 saturated carbocycles. The van der Waals surface area contributed by atoms with E-state index in [9.17, 15) is 14.4 Å². The zero-order valence-corrected chi connectivity index (χ0v) is 20.2. The standard InChI is InChI=1S/C24H44N4O4/c1-20(27-28-25)16-14-12-10-8-6-4-3-5-7-9-11-13-15-17-23(30)26-22(24(31)32)19-18-21(2)29/h22,25H,3-19H2,1-2H3,(H,26,30)(H,31,32)/b27-20+,28-25?/t22-/m0/s1. The second-order valence-electron chi connectivity index (χ2n) is 8.73. The molecular formula is C24H44N4O4. The monoisotopic (exact) mass is 452 g/mol. The number of rotatable bonds is 22. The molecule has 0 fully saturated rings. The lowest BCUT2D eigenvalue weighted by Gasteiger charge is -2.13. The van der Waals surface area contributed by atoms with Crippen LogP contribution in [0.4, 0.5) is 0 Å². The normalized spacial score (nSPS) is 12.4. The lowest BCUT2D eigenvalue weighted by molar-refractivity contribution is -0.142. The number of carboxylic acid groups (broad SMARTS) is 1. The number of nitrogens with one attached hydrogen (secondary N) is 2. The molecule has 0 aromatic rings. The first-order valence-corrected chi connectivity index (χ1v) is 12.3. The fourth-order valence-corrected chi connectivity index (χ4v) is 3.62. The van der Waals surface area contributed by atoms with E-state index in [1.807, 2.05) is 6.92 Å². The third-order valence-corrected chi connectivity index (χ3v) is 5.58. The number of hydrogen-bond donors (Lipinski definition) is 3. The largest absolute Gasteiger partial charge is 0.480 e. The Balaban J connectivity index is 3.47. The summed E-state index contributed by atoms with van der Waals surface area (Å²) in [6, 6.07) is -0.972. The van der Waals surface area contributed by atoms with E-state index < -0.39 is 12.0 Å². The van der Waals surface area contributed by atoms with E-state index in [0.29, 0.717) is 6.42 Å². The Kier molecular flexibility index (Phi) is 19.4. The minimum Gasteiger partial charge on any atom is -0.480 e. The van der Waals surface area contributed by atoms with Gasteiger partial charge in [0.15, 0.2) is 0 Å². The predicted octanol–water partition coefficient (Wildman–Crippen LogP) is 6.18. The van der Waals surface area contributed by atoms with E-state index in [2.05, 4.69) is 15.6 Å². The van der Waals surface area contributed by atoms with E-state index in [1.54, 1.807) is 0 Å². The maximum absolute atomic E-state index is 11.9. The number of carbonyl (C=O) groups is 3. The zero-order chi connectivity index (χ0) is 24.0. The predicted molar refractivity (Wildman–Crippen MR) is 127 cm³/mol. The number of ketones is 1. The molecule has 0 rings (SSSR count). The average molecular weight is 453 g/mol. The molecule has 1 atom stereocenters. The van der Waals surface area contributed by atoms with Crippen LogP contribution in [-0.2, 0) is 14.4 Å². The molecule has 32 heavy (non-hydrogen) atoms. The maximum Gasteiger partial charge on any atom is 0.326 e. The molecule has 0 aliphatic carbocycles. The van der Waals surface area contributed by atoms with Gasteiger partial charge in [-0.3, -0.25) is 4.79 Å². The van der Waals surface area contributed by atoms with Crippen molar-refractivity contribution < 1.29 is 19.5 Å². The van der Waals surface area contributed by atoms with Gasteiger partial charge < -0.3 is 15.2 Å². The van der Waals surface area contributed by atoms with E-state index in [1.165, 1.54) is 64.7 Å². The molecule has 1 amide bonds. The Morgan fingerprint density at radius 2 is 1.19 bits per heavy atom. The Morgan fingerprint density at radius 3 is 1.59 bits per heavy atom. The average Bonchev–Trinajstić information content (AvgIpc) is 2.73. The minimum absolute atomic E-state index is 0.0726. The number of amides is 1. The van der Waals surface area contributed by atoms with Gasteiger partial charge in [0.2, 0.25) is 5.91 Å². The van der Waals surface area contributed by atoms with Crippen LogP contribution >= 0.6 is 0 Å². The lowest BCUT2D eigenvalue weighted by Crippen LogP contribution is -2.40. The Hall–Kier alpha value is -2.12. The van der Waals surface area contributed by atoms with Crippen molar-refractivity contribution in [3.63, 3.8) is 0 Å². The first-order valence-electron chi connectivity index (χ1n) is 12.3. The smallest absolute Gasteiger partial charge is 0.326 e. The maximum atomic E-state index is 11.9. The molecule has 8 heteroatoms. The molecule has 0 aliphatic heterocycles. The van der Waals surface area contributed by atoms with Crippen molar-refractivity contribution >= 4 is 23.4 Å². The fraction of sp³-hybridized carbons (Fsp3) is 0.833. The van der Waals surface area contributed by atoms with Crippen LogP contribution in [0, 0.1) is 5.53 Å². The van der Waals surface area contributed by atoms with E-state index in [4.69, 9.17) is 10.6 Å². The highest BCUT2D eigenvalue weighted by atomic mass is 16.4. The van der Waals surface area contributed by atoms with Crippen LogP contribution in [-0.4, -0.2) is 34.5 Å². The summed E-state index contributed by atoms with van der Waals surface area (Å²) in [5.41, 5.74) is 7.62. The van der Waals surface area contributed by atoms with E-state index in [-0.39, 0.29) is 24.5 Å². The van der Waals surface area contributed by atoms with E-state index in [0.717, 1.165) is 37.8 Å². The van der Waals surface area contributed by atoms with Crippen LogP contribution in [0.2, 0.25) is 0 Å².